The Balaban J connectivity index is 4.03. The van der Waals surface area contributed by atoms with Gasteiger partial charge in [0.05, 0.1) is 45.7 Å². The van der Waals surface area contributed by atoms with Crippen LogP contribution in [0.15, 0.2) is 0 Å². The number of quaternary nitrogens is 1. The highest BCUT2D eigenvalue weighted by Gasteiger charge is 2.21. The fraction of sp³-hybridized carbons (Fsp3) is 1.00. The molecule has 0 aromatic carbocycles. The number of unbranched alkanes of at least 4 members (excludes halogenated alkanes) is 1. The standard InChI is InChI=1S/C15H33NO5S/c1-4-6-8-16(3,9-7-15-22(17,18)19)10-12-21-14-13-20-11-5-2/h4-15H2,1-3H3/p+1. The number of hydrogen-bond acceptors (Lipinski definition) is 4. The molecule has 134 valence electrons. The summed E-state index contributed by atoms with van der Waals surface area (Å²) in [6, 6.07) is 0. The summed E-state index contributed by atoms with van der Waals surface area (Å²) < 4.78 is 42.2. The Kier molecular flexibility index (Phi) is 12.1. The van der Waals surface area contributed by atoms with Gasteiger partial charge in [0.25, 0.3) is 10.1 Å². The fourth-order valence-corrected chi connectivity index (χ4v) is 2.75. The lowest BCUT2D eigenvalue weighted by Gasteiger charge is -2.34. The van der Waals surface area contributed by atoms with Crippen LogP contribution in [0, 0.1) is 0 Å². The lowest BCUT2D eigenvalue weighted by Crippen LogP contribution is -2.48. The van der Waals surface area contributed by atoms with Crippen molar-refractivity contribution in [2.75, 3.05) is 58.9 Å². The molecule has 0 fully saturated rings. The van der Waals surface area contributed by atoms with E-state index in [4.69, 9.17) is 14.0 Å². The third kappa shape index (κ3) is 13.5. The summed E-state index contributed by atoms with van der Waals surface area (Å²) in [5.41, 5.74) is 0. The van der Waals surface area contributed by atoms with Crippen LogP contribution < -0.4 is 0 Å². The molecular formula is C15H34NO5S+. The van der Waals surface area contributed by atoms with Gasteiger partial charge in [-0.1, -0.05) is 20.3 Å². The van der Waals surface area contributed by atoms with Crippen LogP contribution in [0.3, 0.4) is 0 Å². The maximum atomic E-state index is 10.8. The first-order valence-electron chi connectivity index (χ1n) is 8.27. The van der Waals surface area contributed by atoms with Crippen LogP contribution in [-0.2, 0) is 19.6 Å². The van der Waals surface area contributed by atoms with E-state index in [0.29, 0.717) is 26.2 Å². The summed E-state index contributed by atoms with van der Waals surface area (Å²) in [5, 5.41) is 0. The summed E-state index contributed by atoms with van der Waals surface area (Å²) >= 11 is 0. The zero-order chi connectivity index (χ0) is 16.9. The van der Waals surface area contributed by atoms with Gasteiger partial charge in [0.15, 0.2) is 0 Å². The third-order valence-electron chi connectivity index (χ3n) is 3.65. The second-order valence-corrected chi connectivity index (χ2v) is 7.58. The number of ether oxygens (including phenoxy) is 2. The van der Waals surface area contributed by atoms with Crippen molar-refractivity contribution in [3.63, 3.8) is 0 Å². The molecule has 6 nitrogen and oxygen atoms in total. The normalized spacial score (nSPS) is 14.9. The van der Waals surface area contributed by atoms with Gasteiger partial charge in [0.2, 0.25) is 0 Å². The lowest BCUT2D eigenvalue weighted by molar-refractivity contribution is -0.910. The lowest BCUT2D eigenvalue weighted by atomic mass is 10.2. The van der Waals surface area contributed by atoms with Crippen LogP contribution >= 0.6 is 0 Å². The topological polar surface area (TPSA) is 72.8 Å². The van der Waals surface area contributed by atoms with Crippen molar-refractivity contribution >= 4 is 10.1 Å². The highest BCUT2D eigenvalue weighted by atomic mass is 32.2. The maximum Gasteiger partial charge on any atom is 0.265 e. The van der Waals surface area contributed by atoms with Crippen LogP contribution in [0.25, 0.3) is 0 Å². The van der Waals surface area contributed by atoms with E-state index in [1.165, 1.54) is 0 Å². The molecule has 0 heterocycles. The summed E-state index contributed by atoms with van der Waals surface area (Å²) in [6.45, 7) is 9.42. The Labute approximate surface area is 136 Å². The van der Waals surface area contributed by atoms with E-state index in [1.807, 2.05) is 0 Å². The van der Waals surface area contributed by atoms with Gasteiger partial charge in [-0.25, -0.2) is 0 Å². The van der Waals surface area contributed by atoms with Crippen LogP contribution in [0.2, 0.25) is 0 Å². The van der Waals surface area contributed by atoms with E-state index in [2.05, 4.69) is 20.9 Å². The van der Waals surface area contributed by atoms with Crippen LogP contribution in [0.4, 0.5) is 0 Å². The number of likely N-dealkylation sites (N-methyl/N-ethyl adjacent to an activating group) is 1. The van der Waals surface area contributed by atoms with Gasteiger partial charge in [-0.3, -0.25) is 4.55 Å². The number of hydrogen-bond donors (Lipinski definition) is 1. The van der Waals surface area contributed by atoms with Crippen molar-refractivity contribution in [3.05, 3.63) is 0 Å². The minimum Gasteiger partial charge on any atom is -0.379 e. The molecule has 0 aliphatic heterocycles. The van der Waals surface area contributed by atoms with Gasteiger partial charge in [-0.15, -0.1) is 0 Å². The monoisotopic (exact) mass is 340 g/mol. The van der Waals surface area contributed by atoms with Crippen molar-refractivity contribution in [2.45, 2.75) is 39.5 Å². The fourth-order valence-electron chi connectivity index (χ4n) is 2.26. The Morgan fingerprint density at radius 2 is 1.45 bits per heavy atom. The van der Waals surface area contributed by atoms with Crippen molar-refractivity contribution < 1.29 is 26.9 Å². The van der Waals surface area contributed by atoms with E-state index in [-0.39, 0.29) is 5.75 Å². The summed E-state index contributed by atoms with van der Waals surface area (Å²) in [4.78, 5) is 0. The second-order valence-electron chi connectivity index (χ2n) is 6.01. The molecule has 0 aromatic heterocycles. The predicted molar refractivity (Wildman–Crippen MR) is 88.7 cm³/mol. The van der Waals surface area contributed by atoms with Crippen LogP contribution in [0.5, 0.6) is 0 Å². The van der Waals surface area contributed by atoms with Crippen molar-refractivity contribution in [1.82, 2.24) is 0 Å². The molecule has 22 heavy (non-hydrogen) atoms. The first-order chi connectivity index (χ1) is 10.3. The van der Waals surface area contributed by atoms with Crippen LogP contribution in [-0.4, -0.2) is 76.3 Å². The van der Waals surface area contributed by atoms with Gasteiger partial charge >= 0.3 is 0 Å². The molecule has 0 aliphatic rings. The minimum absolute atomic E-state index is 0.168. The summed E-state index contributed by atoms with van der Waals surface area (Å²) in [6.07, 6.45) is 3.69. The molecule has 7 heteroatoms. The number of rotatable bonds is 15. The predicted octanol–water partition coefficient (Wildman–Crippen LogP) is 1.95. The second kappa shape index (κ2) is 12.2. The van der Waals surface area contributed by atoms with E-state index < -0.39 is 10.1 Å². The Hall–Kier alpha value is -0.210. The Bertz CT molecular complexity index is 361. The number of nitrogens with zero attached hydrogens (tertiary/aromatic N) is 1. The Morgan fingerprint density at radius 1 is 0.864 bits per heavy atom. The molecule has 1 unspecified atom stereocenters. The van der Waals surface area contributed by atoms with Gasteiger partial charge in [-0.2, -0.15) is 8.42 Å². The van der Waals surface area contributed by atoms with Gasteiger partial charge in [0, 0.05) is 13.0 Å². The molecule has 0 aromatic rings. The van der Waals surface area contributed by atoms with Crippen LogP contribution in [0.1, 0.15) is 39.5 Å². The molecular weight excluding hydrogens is 306 g/mol. The van der Waals surface area contributed by atoms with Crippen molar-refractivity contribution in [1.29, 1.82) is 0 Å². The van der Waals surface area contributed by atoms with Gasteiger partial charge in [-0.05, 0) is 12.8 Å². The zero-order valence-electron chi connectivity index (χ0n) is 14.4. The highest BCUT2D eigenvalue weighted by molar-refractivity contribution is 7.85. The van der Waals surface area contributed by atoms with E-state index in [0.717, 1.165) is 50.0 Å². The largest absolute Gasteiger partial charge is 0.379 e. The van der Waals surface area contributed by atoms with Crippen molar-refractivity contribution in [3.8, 4) is 0 Å². The average Bonchev–Trinajstić information content (AvgIpc) is 2.43. The van der Waals surface area contributed by atoms with E-state index in [1.54, 1.807) is 0 Å². The highest BCUT2D eigenvalue weighted by Crippen LogP contribution is 2.08. The molecule has 0 aliphatic carbocycles. The third-order valence-corrected chi connectivity index (χ3v) is 4.45. The molecule has 1 N–H and O–H groups in total. The molecule has 0 spiro atoms. The van der Waals surface area contributed by atoms with E-state index >= 15 is 0 Å². The average molecular weight is 341 g/mol. The molecule has 0 radical (unpaired) electrons. The Morgan fingerprint density at radius 3 is 2.00 bits per heavy atom. The minimum atomic E-state index is -3.86. The molecule has 0 saturated carbocycles. The summed E-state index contributed by atoms with van der Waals surface area (Å²) in [7, 11) is -1.74. The molecule has 0 rings (SSSR count). The van der Waals surface area contributed by atoms with Gasteiger partial charge in [0.1, 0.15) is 6.54 Å². The van der Waals surface area contributed by atoms with Gasteiger partial charge < -0.3 is 14.0 Å². The smallest absolute Gasteiger partial charge is 0.265 e. The van der Waals surface area contributed by atoms with E-state index in [9.17, 15) is 8.42 Å². The molecule has 0 bridgehead atoms. The zero-order valence-corrected chi connectivity index (χ0v) is 15.2. The molecule has 0 saturated heterocycles. The molecule has 0 amide bonds. The maximum absolute atomic E-state index is 10.8. The SMILES string of the molecule is CCCC[N+](C)(CCCS(=O)(=O)O)CCOCCOCCC. The first kappa shape index (κ1) is 21.8. The first-order valence-corrected chi connectivity index (χ1v) is 9.88. The quantitative estimate of drug-likeness (QED) is 0.280. The van der Waals surface area contributed by atoms with Crippen molar-refractivity contribution in [2.24, 2.45) is 0 Å². The molecule has 1 atom stereocenters. The summed E-state index contributed by atoms with van der Waals surface area (Å²) in [5.74, 6) is -0.168.